The van der Waals surface area contributed by atoms with Crippen LogP contribution in [0.4, 0.5) is 5.13 Å². The number of nitrogens with zero attached hydrogens (tertiary/aromatic N) is 2. The highest BCUT2D eigenvalue weighted by atomic mass is 32.1. The third-order valence-electron chi connectivity index (χ3n) is 3.46. The molecule has 0 saturated heterocycles. The van der Waals surface area contributed by atoms with E-state index < -0.39 is 0 Å². The quantitative estimate of drug-likeness (QED) is 0.911. The van der Waals surface area contributed by atoms with Gasteiger partial charge in [0.1, 0.15) is 0 Å². The van der Waals surface area contributed by atoms with Crippen LogP contribution in [0.3, 0.4) is 0 Å². The predicted octanol–water partition coefficient (Wildman–Crippen LogP) is 3.38. The third kappa shape index (κ3) is 3.23. The maximum absolute atomic E-state index is 5.85. The highest BCUT2D eigenvalue weighted by molar-refractivity contribution is 7.15. The summed E-state index contributed by atoms with van der Waals surface area (Å²) in [5.41, 5.74) is 7.06. The van der Waals surface area contributed by atoms with Crippen LogP contribution in [0.1, 0.15) is 52.1 Å². The first-order chi connectivity index (χ1) is 8.18. The van der Waals surface area contributed by atoms with Crippen molar-refractivity contribution in [3.05, 3.63) is 10.6 Å². The molecule has 0 aliphatic heterocycles. The van der Waals surface area contributed by atoms with Gasteiger partial charge in [-0.2, -0.15) is 0 Å². The molecule has 0 aromatic carbocycles. The summed E-state index contributed by atoms with van der Waals surface area (Å²) < 4.78 is 0. The van der Waals surface area contributed by atoms with E-state index in [1.165, 1.54) is 4.88 Å². The van der Waals surface area contributed by atoms with E-state index in [-0.39, 0.29) is 5.41 Å². The van der Waals surface area contributed by atoms with Gasteiger partial charge in [-0.05, 0) is 12.8 Å². The van der Waals surface area contributed by atoms with E-state index in [1.54, 1.807) is 11.3 Å². The van der Waals surface area contributed by atoms with Gasteiger partial charge < -0.3 is 10.6 Å². The molecule has 1 heterocycles. The molecule has 1 atom stereocenters. The molecule has 0 saturated carbocycles. The zero-order valence-corrected chi connectivity index (χ0v) is 13.6. The minimum Gasteiger partial charge on any atom is -0.348 e. The van der Waals surface area contributed by atoms with Crippen molar-refractivity contribution in [2.45, 2.75) is 59.5 Å². The molecule has 0 aliphatic carbocycles. The Balaban J connectivity index is 3.09. The van der Waals surface area contributed by atoms with Gasteiger partial charge in [0, 0.05) is 29.9 Å². The molecule has 1 aromatic heterocycles. The Morgan fingerprint density at radius 2 is 1.83 bits per heavy atom. The van der Waals surface area contributed by atoms with E-state index in [0.29, 0.717) is 18.5 Å². The highest BCUT2D eigenvalue weighted by Crippen LogP contribution is 2.34. The molecule has 104 valence electrons. The second kappa shape index (κ2) is 5.57. The molecular formula is C14H27N3S. The second-order valence-electron chi connectivity index (χ2n) is 6.32. The lowest BCUT2D eigenvalue weighted by atomic mass is 9.91. The Morgan fingerprint density at radius 3 is 2.17 bits per heavy atom. The lowest BCUT2D eigenvalue weighted by molar-refractivity contribution is 0.503. The summed E-state index contributed by atoms with van der Waals surface area (Å²) >= 11 is 1.73. The van der Waals surface area contributed by atoms with E-state index in [4.69, 9.17) is 10.7 Å². The summed E-state index contributed by atoms with van der Waals surface area (Å²) in [7, 11) is 2.12. The molecule has 0 amide bonds. The van der Waals surface area contributed by atoms with Crippen LogP contribution in [0.5, 0.6) is 0 Å². The summed E-state index contributed by atoms with van der Waals surface area (Å²) in [5, 5.41) is 1.08. The van der Waals surface area contributed by atoms with Gasteiger partial charge >= 0.3 is 0 Å². The van der Waals surface area contributed by atoms with Crippen molar-refractivity contribution < 1.29 is 0 Å². The number of hydrogen-bond donors (Lipinski definition) is 1. The summed E-state index contributed by atoms with van der Waals surface area (Å²) in [5.74, 6) is 0.610. The van der Waals surface area contributed by atoms with E-state index in [0.717, 1.165) is 10.8 Å². The number of hydrogen-bond acceptors (Lipinski definition) is 4. The van der Waals surface area contributed by atoms with Crippen LogP contribution in [0, 0.1) is 5.92 Å². The van der Waals surface area contributed by atoms with E-state index in [2.05, 4.69) is 53.5 Å². The maximum atomic E-state index is 5.85. The number of thiazole rings is 1. The number of aromatic nitrogens is 1. The lowest BCUT2D eigenvalue weighted by Crippen LogP contribution is -2.33. The summed E-state index contributed by atoms with van der Waals surface area (Å²) in [6, 6.07) is 0.481. The van der Waals surface area contributed by atoms with Crippen LogP contribution >= 0.6 is 11.3 Å². The molecule has 0 radical (unpaired) electrons. The molecular weight excluding hydrogens is 242 g/mol. The number of rotatable bonds is 4. The Labute approximate surface area is 115 Å². The van der Waals surface area contributed by atoms with Gasteiger partial charge in [0.25, 0.3) is 0 Å². The molecule has 0 spiro atoms. The lowest BCUT2D eigenvalue weighted by Gasteiger charge is -2.27. The zero-order chi connectivity index (χ0) is 14.1. The van der Waals surface area contributed by atoms with Gasteiger partial charge in [-0.15, -0.1) is 11.3 Å². The molecule has 0 aliphatic rings. The van der Waals surface area contributed by atoms with Crippen LogP contribution in [-0.4, -0.2) is 18.1 Å². The van der Waals surface area contributed by atoms with Gasteiger partial charge in [-0.25, -0.2) is 4.98 Å². The smallest absolute Gasteiger partial charge is 0.185 e. The van der Waals surface area contributed by atoms with Crippen molar-refractivity contribution in [1.29, 1.82) is 0 Å². The molecule has 18 heavy (non-hydrogen) atoms. The van der Waals surface area contributed by atoms with Crippen molar-refractivity contribution >= 4 is 16.5 Å². The molecule has 0 bridgehead atoms. The zero-order valence-electron chi connectivity index (χ0n) is 12.7. The minimum atomic E-state index is 0.0609. The van der Waals surface area contributed by atoms with Gasteiger partial charge in [-0.1, -0.05) is 34.6 Å². The third-order valence-corrected chi connectivity index (χ3v) is 4.63. The topological polar surface area (TPSA) is 42.2 Å². The van der Waals surface area contributed by atoms with Crippen molar-refractivity contribution in [2.75, 3.05) is 11.9 Å². The fourth-order valence-corrected chi connectivity index (χ4v) is 3.04. The fraction of sp³-hybridized carbons (Fsp3) is 0.786. The summed E-state index contributed by atoms with van der Waals surface area (Å²) in [6.45, 7) is 13.9. The molecule has 1 unspecified atom stereocenters. The first-order valence-corrected chi connectivity index (χ1v) is 7.43. The molecule has 1 rings (SSSR count). The largest absolute Gasteiger partial charge is 0.348 e. The Kier molecular flexibility index (Phi) is 4.78. The van der Waals surface area contributed by atoms with E-state index >= 15 is 0 Å². The van der Waals surface area contributed by atoms with Gasteiger partial charge in [0.05, 0.1) is 5.69 Å². The van der Waals surface area contributed by atoms with Gasteiger partial charge in [0.15, 0.2) is 5.13 Å². The first kappa shape index (κ1) is 15.4. The Morgan fingerprint density at radius 1 is 1.28 bits per heavy atom. The fourth-order valence-electron chi connectivity index (χ4n) is 1.84. The highest BCUT2D eigenvalue weighted by Gasteiger charge is 2.25. The normalized spacial score (nSPS) is 14.1. The van der Waals surface area contributed by atoms with Crippen LogP contribution in [0.25, 0.3) is 0 Å². The SMILES string of the molecule is CC(C)C(C)N(C)c1nc(C(C)(C)C)c(CN)s1. The Bertz CT molecular complexity index is 390. The van der Waals surface area contributed by atoms with Crippen molar-refractivity contribution in [3.63, 3.8) is 0 Å². The van der Waals surface area contributed by atoms with Gasteiger partial charge in [0.2, 0.25) is 0 Å². The van der Waals surface area contributed by atoms with Crippen molar-refractivity contribution in [1.82, 2.24) is 4.98 Å². The molecule has 3 nitrogen and oxygen atoms in total. The average Bonchev–Trinajstić information content (AvgIpc) is 2.70. The van der Waals surface area contributed by atoms with Crippen molar-refractivity contribution in [3.8, 4) is 0 Å². The summed E-state index contributed by atoms with van der Waals surface area (Å²) in [4.78, 5) is 8.30. The minimum absolute atomic E-state index is 0.0609. The maximum Gasteiger partial charge on any atom is 0.185 e. The van der Waals surface area contributed by atoms with Crippen LogP contribution in [-0.2, 0) is 12.0 Å². The standard InChI is InChI=1S/C14H27N3S/c1-9(2)10(3)17(7)13-16-12(14(4,5)6)11(8-15)18-13/h9-10H,8,15H2,1-7H3. The average molecular weight is 269 g/mol. The second-order valence-corrected chi connectivity index (χ2v) is 7.38. The number of anilines is 1. The van der Waals surface area contributed by atoms with E-state index in [1.807, 2.05) is 0 Å². The number of nitrogens with two attached hydrogens (primary N) is 1. The molecule has 4 heteroatoms. The van der Waals surface area contributed by atoms with Crippen LogP contribution in [0.15, 0.2) is 0 Å². The Hall–Kier alpha value is -0.610. The molecule has 0 fully saturated rings. The van der Waals surface area contributed by atoms with Crippen LogP contribution in [0.2, 0.25) is 0 Å². The predicted molar refractivity (Wildman–Crippen MR) is 81.4 cm³/mol. The van der Waals surface area contributed by atoms with E-state index in [9.17, 15) is 0 Å². The first-order valence-electron chi connectivity index (χ1n) is 6.61. The summed E-state index contributed by atoms with van der Waals surface area (Å²) in [6.07, 6.45) is 0. The van der Waals surface area contributed by atoms with Crippen molar-refractivity contribution in [2.24, 2.45) is 11.7 Å². The molecule has 1 aromatic rings. The molecule has 2 N–H and O–H groups in total. The van der Waals surface area contributed by atoms with Crippen LogP contribution < -0.4 is 10.6 Å². The van der Waals surface area contributed by atoms with Gasteiger partial charge in [-0.3, -0.25) is 0 Å². The monoisotopic (exact) mass is 269 g/mol.